The number of carbonyl (C=O) groups is 2. The smallest absolute Gasteiger partial charge is 0.318 e. The van der Waals surface area contributed by atoms with Gasteiger partial charge in [0.2, 0.25) is 0 Å². The Balaban J connectivity index is 2.12. The Morgan fingerprint density at radius 2 is 1.73 bits per heavy atom. The van der Waals surface area contributed by atoms with E-state index in [-0.39, 0.29) is 17.0 Å². The normalized spacial score (nSPS) is 11.8. The molecule has 5 nitrogen and oxygen atoms in total. The molecule has 2 rings (SSSR count). The van der Waals surface area contributed by atoms with Gasteiger partial charge in [0.25, 0.3) is 5.91 Å². The van der Waals surface area contributed by atoms with Crippen LogP contribution in [0.4, 0.5) is 23.2 Å². The molecule has 136 valence electrons. The van der Waals surface area contributed by atoms with Gasteiger partial charge >= 0.3 is 12.1 Å². The lowest BCUT2D eigenvalue weighted by Gasteiger charge is -2.09. The summed E-state index contributed by atoms with van der Waals surface area (Å²) in [7, 11) is 0. The molecular formula is C17H13F4N3O2. The van der Waals surface area contributed by atoms with Gasteiger partial charge in [-0.25, -0.2) is 9.82 Å². The number of rotatable bonds is 4. The predicted octanol–water partition coefficient (Wildman–Crippen LogP) is 3.48. The zero-order chi connectivity index (χ0) is 19.3. The minimum Gasteiger partial charge on any atom is -0.318 e. The van der Waals surface area contributed by atoms with Gasteiger partial charge in [-0.15, -0.1) is 0 Å². The van der Waals surface area contributed by atoms with E-state index in [1.54, 1.807) is 5.32 Å². The Hall–Kier alpha value is -3.23. The highest BCUT2D eigenvalue weighted by Gasteiger charge is 2.38. The maximum Gasteiger partial charge on any atom is 0.471 e. The average molecular weight is 367 g/mol. The lowest BCUT2D eigenvalue weighted by Crippen LogP contribution is -2.29. The fourth-order valence-electron chi connectivity index (χ4n) is 1.93. The number of nitrogens with one attached hydrogen (secondary N) is 2. The molecular weight excluding hydrogens is 354 g/mol. The van der Waals surface area contributed by atoms with Crippen LogP contribution >= 0.6 is 0 Å². The van der Waals surface area contributed by atoms with Gasteiger partial charge in [0.1, 0.15) is 5.82 Å². The Morgan fingerprint density at radius 3 is 2.38 bits per heavy atom. The van der Waals surface area contributed by atoms with Crippen molar-refractivity contribution in [3.8, 4) is 0 Å². The topological polar surface area (TPSA) is 70.6 Å². The van der Waals surface area contributed by atoms with Crippen LogP contribution in [0.3, 0.4) is 0 Å². The van der Waals surface area contributed by atoms with E-state index in [4.69, 9.17) is 0 Å². The molecule has 0 aromatic heterocycles. The highest BCUT2D eigenvalue weighted by Crippen LogP contribution is 2.19. The average Bonchev–Trinajstić information content (AvgIpc) is 2.59. The Bertz CT molecular complexity index is 863. The van der Waals surface area contributed by atoms with Gasteiger partial charge in [0.15, 0.2) is 0 Å². The van der Waals surface area contributed by atoms with E-state index in [1.807, 2.05) is 0 Å². The number of alkyl halides is 3. The third kappa shape index (κ3) is 4.88. The summed E-state index contributed by atoms with van der Waals surface area (Å²) >= 11 is 0. The van der Waals surface area contributed by atoms with Gasteiger partial charge in [0, 0.05) is 5.69 Å². The molecule has 2 aromatic rings. The summed E-state index contributed by atoms with van der Waals surface area (Å²) < 4.78 is 50.4. The SMILES string of the molecule is C/C(=N/NC(=O)c1ccccc1F)c1cccc(NC(=O)C(F)(F)F)c1. The van der Waals surface area contributed by atoms with Crippen LogP contribution in [0, 0.1) is 5.82 Å². The van der Waals surface area contributed by atoms with Gasteiger partial charge in [-0.3, -0.25) is 9.59 Å². The van der Waals surface area contributed by atoms with Crippen molar-refractivity contribution in [2.75, 3.05) is 5.32 Å². The van der Waals surface area contributed by atoms with E-state index < -0.39 is 23.8 Å². The van der Waals surface area contributed by atoms with Gasteiger partial charge in [-0.05, 0) is 36.8 Å². The summed E-state index contributed by atoms with van der Waals surface area (Å²) in [6, 6.07) is 10.8. The summed E-state index contributed by atoms with van der Waals surface area (Å²) in [6.45, 7) is 1.49. The number of benzene rings is 2. The van der Waals surface area contributed by atoms with Crippen LogP contribution in [0.1, 0.15) is 22.8 Å². The van der Waals surface area contributed by atoms with Gasteiger partial charge in [0.05, 0.1) is 11.3 Å². The molecule has 0 spiro atoms. The number of halogens is 4. The van der Waals surface area contributed by atoms with Gasteiger partial charge in [-0.2, -0.15) is 18.3 Å². The van der Waals surface area contributed by atoms with Crippen LogP contribution in [0.15, 0.2) is 53.6 Å². The number of carbonyl (C=O) groups excluding carboxylic acids is 2. The molecule has 0 heterocycles. The molecule has 0 bridgehead atoms. The van der Waals surface area contributed by atoms with Crippen molar-refractivity contribution in [1.82, 2.24) is 5.43 Å². The molecule has 0 saturated heterocycles. The molecule has 2 N–H and O–H groups in total. The Morgan fingerprint density at radius 1 is 1.04 bits per heavy atom. The number of hydrazone groups is 1. The van der Waals surface area contributed by atoms with Crippen LogP contribution in [-0.4, -0.2) is 23.7 Å². The van der Waals surface area contributed by atoms with E-state index >= 15 is 0 Å². The molecule has 0 aliphatic carbocycles. The fourth-order valence-corrected chi connectivity index (χ4v) is 1.93. The van der Waals surface area contributed by atoms with Crippen molar-refractivity contribution in [3.63, 3.8) is 0 Å². The third-order valence-electron chi connectivity index (χ3n) is 3.24. The van der Waals surface area contributed by atoms with Crippen LogP contribution in [-0.2, 0) is 4.79 Å². The standard InChI is InChI=1S/C17H13F4N3O2/c1-10(23-24-15(25)13-7-2-3-8-14(13)18)11-5-4-6-12(9-11)22-16(26)17(19,20)21/h2-9H,1H3,(H,22,26)(H,24,25)/b23-10-. The minimum atomic E-state index is -5.01. The van der Waals surface area contributed by atoms with E-state index in [1.165, 1.54) is 49.4 Å². The number of hydrogen-bond donors (Lipinski definition) is 2. The summed E-state index contributed by atoms with van der Waals surface area (Å²) in [5, 5.41) is 5.52. The lowest BCUT2D eigenvalue weighted by atomic mass is 10.1. The van der Waals surface area contributed by atoms with Crippen LogP contribution in [0.25, 0.3) is 0 Å². The Kier molecular flexibility index (Phi) is 5.71. The largest absolute Gasteiger partial charge is 0.471 e. The van der Waals surface area contributed by atoms with Crippen molar-refractivity contribution in [3.05, 3.63) is 65.5 Å². The second kappa shape index (κ2) is 7.77. The number of anilines is 1. The van der Waals surface area contributed by atoms with Crippen molar-refractivity contribution in [2.24, 2.45) is 5.10 Å². The van der Waals surface area contributed by atoms with E-state index in [9.17, 15) is 27.2 Å². The molecule has 0 aliphatic rings. The predicted molar refractivity (Wildman–Crippen MR) is 87.2 cm³/mol. The van der Waals surface area contributed by atoms with Gasteiger partial charge in [-0.1, -0.05) is 24.3 Å². The summed E-state index contributed by atoms with van der Waals surface area (Å²) in [6.07, 6.45) is -5.01. The Labute approximate surface area is 145 Å². The molecule has 2 aromatic carbocycles. The summed E-state index contributed by atoms with van der Waals surface area (Å²) in [4.78, 5) is 22.8. The van der Waals surface area contributed by atoms with Crippen LogP contribution in [0.5, 0.6) is 0 Å². The molecule has 0 atom stereocenters. The zero-order valence-corrected chi connectivity index (χ0v) is 13.4. The first-order valence-corrected chi connectivity index (χ1v) is 7.26. The first-order chi connectivity index (χ1) is 12.2. The maximum absolute atomic E-state index is 13.5. The van der Waals surface area contributed by atoms with Crippen molar-refractivity contribution in [1.29, 1.82) is 0 Å². The summed E-state index contributed by atoms with van der Waals surface area (Å²) in [5.74, 6) is -3.59. The summed E-state index contributed by atoms with van der Waals surface area (Å²) in [5.41, 5.74) is 2.49. The van der Waals surface area contributed by atoms with E-state index in [0.29, 0.717) is 5.56 Å². The first-order valence-electron chi connectivity index (χ1n) is 7.26. The number of hydrogen-bond acceptors (Lipinski definition) is 3. The van der Waals surface area contributed by atoms with Crippen molar-refractivity contribution < 1.29 is 27.2 Å². The zero-order valence-electron chi connectivity index (χ0n) is 13.4. The first kappa shape index (κ1) is 19.1. The monoisotopic (exact) mass is 367 g/mol. The minimum absolute atomic E-state index is 0.0835. The molecule has 26 heavy (non-hydrogen) atoms. The van der Waals surface area contributed by atoms with E-state index in [0.717, 1.165) is 6.07 Å². The van der Waals surface area contributed by atoms with Crippen molar-refractivity contribution >= 4 is 23.2 Å². The highest BCUT2D eigenvalue weighted by atomic mass is 19.4. The highest BCUT2D eigenvalue weighted by molar-refractivity contribution is 6.02. The third-order valence-corrected chi connectivity index (χ3v) is 3.24. The lowest BCUT2D eigenvalue weighted by molar-refractivity contribution is -0.167. The van der Waals surface area contributed by atoms with Crippen LogP contribution < -0.4 is 10.7 Å². The molecule has 0 radical (unpaired) electrons. The van der Waals surface area contributed by atoms with Crippen LogP contribution in [0.2, 0.25) is 0 Å². The molecule has 9 heteroatoms. The maximum atomic E-state index is 13.5. The quantitative estimate of drug-likeness (QED) is 0.493. The van der Waals surface area contributed by atoms with Crippen molar-refractivity contribution in [2.45, 2.75) is 13.1 Å². The second-order valence-electron chi connectivity index (χ2n) is 5.15. The number of nitrogens with zero attached hydrogens (tertiary/aromatic N) is 1. The van der Waals surface area contributed by atoms with Gasteiger partial charge < -0.3 is 5.32 Å². The molecule has 0 aliphatic heterocycles. The second-order valence-corrected chi connectivity index (χ2v) is 5.15. The number of amides is 2. The molecule has 0 saturated carbocycles. The fraction of sp³-hybridized carbons (Fsp3) is 0.118. The molecule has 2 amide bonds. The molecule has 0 fully saturated rings. The van der Waals surface area contributed by atoms with E-state index in [2.05, 4.69) is 10.5 Å². The molecule has 0 unspecified atom stereocenters.